The van der Waals surface area contributed by atoms with Crippen LogP contribution in [0.2, 0.25) is 4.34 Å². The average Bonchev–Trinajstić information content (AvgIpc) is 3.16. The monoisotopic (exact) mass is 386 g/mol. The number of ether oxygens (including phenoxy) is 1. The van der Waals surface area contributed by atoms with Gasteiger partial charge in [-0.15, -0.1) is 22.7 Å². The van der Waals surface area contributed by atoms with E-state index in [1.54, 1.807) is 19.1 Å². The molecule has 0 aliphatic rings. The fourth-order valence-electron chi connectivity index (χ4n) is 1.93. The van der Waals surface area contributed by atoms with Crippen molar-refractivity contribution in [3.05, 3.63) is 31.8 Å². The summed E-state index contributed by atoms with van der Waals surface area (Å²) in [6.07, 6.45) is 0. The molecule has 3 heterocycles. The van der Waals surface area contributed by atoms with E-state index in [9.17, 15) is 9.59 Å². The Morgan fingerprint density at radius 2 is 2.09 bits per heavy atom. The van der Waals surface area contributed by atoms with Crippen molar-refractivity contribution >= 4 is 72.1 Å². The number of rotatable bonds is 4. The quantitative estimate of drug-likeness (QED) is 0.653. The number of fused-ring (bicyclic) bond motifs is 1. The molecule has 3 rings (SSSR count). The van der Waals surface area contributed by atoms with Crippen LogP contribution in [0.25, 0.3) is 9.53 Å². The van der Waals surface area contributed by atoms with Crippen LogP contribution < -0.4 is 5.32 Å². The molecule has 0 aliphatic carbocycles. The second-order valence-electron chi connectivity index (χ2n) is 4.49. The summed E-state index contributed by atoms with van der Waals surface area (Å²) >= 11 is 9.66. The van der Waals surface area contributed by atoms with Crippen LogP contribution in [0, 0.1) is 6.92 Å². The lowest BCUT2D eigenvalue weighted by Gasteiger charge is -2.00. The van der Waals surface area contributed by atoms with Crippen molar-refractivity contribution in [1.82, 2.24) is 4.98 Å². The summed E-state index contributed by atoms with van der Waals surface area (Å²) in [6.45, 7) is 3.96. The van der Waals surface area contributed by atoms with Gasteiger partial charge in [-0.25, -0.2) is 9.78 Å². The van der Waals surface area contributed by atoms with Gasteiger partial charge in [0.2, 0.25) is 0 Å². The van der Waals surface area contributed by atoms with E-state index >= 15 is 0 Å². The minimum absolute atomic E-state index is 0.244. The third-order valence-corrected chi connectivity index (χ3v) is 6.57. The van der Waals surface area contributed by atoms with Crippen LogP contribution in [0.3, 0.4) is 0 Å². The Balaban J connectivity index is 1.84. The van der Waals surface area contributed by atoms with Crippen LogP contribution in [0.1, 0.15) is 31.8 Å². The smallest absolute Gasteiger partial charge is 0.348 e. The molecule has 23 heavy (non-hydrogen) atoms. The Bertz CT molecular complexity index is 896. The number of carbonyl (C=O) groups excluding carboxylic acids is 2. The molecule has 0 spiro atoms. The van der Waals surface area contributed by atoms with Crippen molar-refractivity contribution in [2.75, 3.05) is 11.9 Å². The van der Waals surface area contributed by atoms with Crippen LogP contribution in [0.5, 0.6) is 0 Å². The first-order chi connectivity index (χ1) is 11.0. The topological polar surface area (TPSA) is 68.3 Å². The van der Waals surface area contributed by atoms with Crippen molar-refractivity contribution in [3.8, 4) is 0 Å². The second-order valence-corrected chi connectivity index (χ2v) is 8.20. The molecule has 0 unspecified atom stereocenters. The minimum Gasteiger partial charge on any atom is -0.462 e. The van der Waals surface area contributed by atoms with Gasteiger partial charge >= 0.3 is 5.97 Å². The lowest BCUT2D eigenvalue weighted by molar-refractivity contribution is 0.0531. The van der Waals surface area contributed by atoms with Crippen LogP contribution in [0.15, 0.2) is 12.1 Å². The molecule has 0 bridgehead atoms. The zero-order valence-corrected chi connectivity index (χ0v) is 15.3. The summed E-state index contributed by atoms with van der Waals surface area (Å²) in [7, 11) is 0. The number of halogens is 1. The largest absolute Gasteiger partial charge is 0.462 e. The third-order valence-electron chi connectivity index (χ3n) is 2.95. The van der Waals surface area contributed by atoms with Gasteiger partial charge in [-0.1, -0.05) is 22.9 Å². The number of aryl methyl sites for hydroxylation is 1. The first-order valence-electron chi connectivity index (χ1n) is 6.63. The van der Waals surface area contributed by atoms with E-state index in [2.05, 4.69) is 10.3 Å². The summed E-state index contributed by atoms with van der Waals surface area (Å²) in [5.41, 5.74) is 0.834. The van der Waals surface area contributed by atoms with Gasteiger partial charge in [-0.3, -0.25) is 10.1 Å². The minimum atomic E-state index is -0.334. The van der Waals surface area contributed by atoms with Gasteiger partial charge < -0.3 is 4.74 Å². The Hall–Kier alpha value is -1.48. The summed E-state index contributed by atoms with van der Waals surface area (Å²) in [4.78, 5) is 30.2. The number of amides is 1. The van der Waals surface area contributed by atoms with E-state index in [1.807, 2.05) is 6.92 Å². The standard InChI is InChI=1S/C14H11ClN2O3S3/c1-3-20-13(19)10-6(2)9-12(22-10)17-14(23-9)16-11(18)7-4-5-8(15)21-7/h4-5H,3H2,1-2H3,(H,16,17,18). The normalized spacial score (nSPS) is 10.9. The molecule has 9 heteroatoms. The molecule has 0 radical (unpaired) electrons. The fraction of sp³-hybridized carbons (Fsp3) is 0.214. The van der Waals surface area contributed by atoms with E-state index in [1.165, 1.54) is 34.0 Å². The zero-order chi connectivity index (χ0) is 16.6. The zero-order valence-electron chi connectivity index (χ0n) is 12.1. The summed E-state index contributed by atoms with van der Waals surface area (Å²) < 4.78 is 6.48. The molecule has 0 atom stereocenters. The molecule has 1 N–H and O–H groups in total. The Labute approximate surface area is 148 Å². The number of nitrogens with zero attached hydrogens (tertiary/aromatic N) is 1. The first-order valence-corrected chi connectivity index (χ1v) is 9.46. The number of aromatic nitrogens is 1. The SMILES string of the molecule is CCOC(=O)c1sc2nc(NC(=O)c3ccc(Cl)s3)sc2c1C. The lowest BCUT2D eigenvalue weighted by atomic mass is 10.3. The van der Waals surface area contributed by atoms with E-state index in [0.717, 1.165) is 15.1 Å². The molecule has 5 nitrogen and oxygen atoms in total. The maximum Gasteiger partial charge on any atom is 0.348 e. The highest BCUT2D eigenvalue weighted by atomic mass is 35.5. The van der Waals surface area contributed by atoms with Gasteiger partial charge in [0.05, 0.1) is 20.5 Å². The maximum atomic E-state index is 12.1. The third kappa shape index (κ3) is 3.25. The van der Waals surface area contributed by atoms with Gasteiger partial charge in [0, 0.05) is 0 Å². The van der Waals surface area contributed by atoms with E-state index in [0.29, 0.717) is 25.8 Å². The van der Waals surface area contributed by atoms with Gasteiger partial charge in [0.25, 0.3) is 5.91 Å². The lowest BCUT2D eigenvalue weighted by Crippen LogP contribution is -2.09. The molecule has 0 fully saturated rings. The van der Waals surface area contributed by atoms with Gasteiger partial charge in [-0.05, 0) is 31.5 Å². The molecule has 0 aromatic carbocycles. The summed E-state index contributed by atoms with van der Waals surface area (Å²) in [5, 5.41) is 3.26. The molecular formula is C14H11ClN2O3S3. The van der Waals surface area contributed by atoms with Crippen LogP contribution in [0.4, 0.5) is 5.13 Å². The number of thiophene rings is 2. The Kier molecular flexibility index (Phi) is 4.67. The molecule has 3 aromatic heterocycles. The van der Waals surface area contributed by atoms with Crippen molar-refractivity contribution in [2.24, 2.45) is 0 Å². The van der Waals surface area contributed by atoms with Gasteiger partial charge in [0.15, 0.2) is 5.13 Å². The van der Waals surface area contributed by atoms with E-state index in [4.69, 9.17) is 16.3 Å². The molecule has 1 amide bonds. The van der Waals surface area contributed by atoms with Crippen molar-refractivity contribution < 1.29 is 14.3 Å². The molecule has 3 aromatic rings. The van der Waals surface area contributed by atoms with E-state index in [-0.39, 0.29) is 11.9 Å². The first kappa shape index (κ1) is 16.4. The van der Waals surface area contributed by atoms with Crippen LogP contribution in [-0.4, -0.2) is 23.5 Å². The maximum absolute atomic E-state index is 12.1. The summed E-state index contributed by atoms with van der Waals surface area (Å²) in [6, 6.07) is 3.35. The number of carbonyl (C=O) groups is 2. The predicted octanol–water partition coefficient (Wildman–Crippen LogP) is 4.81. The number of nitrogens with one attached hydrogen (secondary N) is 1. The number of thiazole rings is 1. The Morgan fingerprint density at radius 1 is 1.30 bits per heavy atom. The van der Waals surface area contributed by atoms with E-state index < -0.39 is 0 Å². The molecule has 120 valence electrons. The average molecular weight is 387 g/mol. The number of hydrogen-bond acceptors (Lipinski definition) is 7. The summed E-state index contributed by atoms with van der Waals surface area (Å²) in [5.74, 6) is -0.578. The predicted molar refractivity (Wildman–Crippen MR) is 95.5 cm³/mol. The van der Waals surface area contributed by atoms with Crippen LogP contribution in [-0.2, 0) is 4.74 Å². The molecule has 0 aliphatic heterocycles. The van der Waals surface area contributed by atoms with Crippen molar-refractivity contribution in [3.63, 3.8) is 0 Å². The van der Waals surface area contributed by atoms with Crippen molar-refractivity contribution in [2.45, 2.75) is 13.8 Å². The van der Waals surface area contributed by atoms with Gasteiger partial charge in [0.1, 0.15) is 9.71 Å². The molecule has 0 saturated carbocycles. The molecule has 0 saturated heterocycles. The second kappa shape index (κ2) is 6.56. The number of hydrogen-bond donors (Lipinski definition) is 1. The highest BCUT2D eigenvalue weighted by molar-refractivity contribution is 7.30. The fourth-order valence-corrected chi connectivity index (χ4v) is 5.07. The van der Waals surface area contributed by atoms with Crippen LogP contribution >= 0.6 is 45.6 Å². The molecular weight excluding hydrogens is 376 g/mol. The number of esters is 1. The van der Waals surface area contributed by atoms with Gasteiger partial charge in [-0.2, -0.15) is 0 Å². The Morgan fingerprint density at radius 3 is 2.70 bits per heavy atom. The highest BCUT2D eigenvalue weighted by Gasteiger charge is 2.20. The highest BCUT2D eigenvalue weighted by Crippen LogP contribution is 2.37. The van der Waals surface area contributed by atoms with Crippen molar-refractivity contribution in [1.29, 1.82) is 0 Å². The number of anilines is 1.